The van der Waals surface area contributed by atoms with Crippen LogP contribution in [0.2, 0.25) is 13.1 Å². The zero-order chi connectivity index (χ0) is 19.8. The molecule has 5 rings (SSSR count). The first-order valence-electron chi connectivity index (χ1n) is 9.43. The number of aromatic nitrogens is 2. The summed E-state index contributed by atoms with van der Waals surface area (Å²) >= 11 is 1.76. The van der Waals surface area contributed by atoms with Crippen LogP contribution in [-0.4, -0.2) is 18.0 Å². The molecule has 0 amide bonds. The Labute approximate surface area is 195 Å². The molecule has 0 aliphatic heterocycles. The SMILES string of the molecule is C[Si](C)(c1[c-]c2c(cc1)sc1ccc(Oc3ccccn3)[c-]c12)c1ccccn1.[Pt+2]. The Morgan fingerprint density at radius 2 is 1.50 bits per heavy atom. The van der Waals surface area contributed by atoms with Gasteiger partial charge in [0.2, 0.25) is 5.88 Å². The molecule has 3 heterocycles. The second-order valence-corrected chi connectivity index (χ2v) is 12.8. The molecule has 0 aliphatic rings. The van der Waals surface area contributed by atoms with Crippen molar-refractivity contribution in [2.75, 3.05) is 0 Å². The average Bonchev–Trinajstić information content (AvgIpc) is 3.12. The standard InChI is InChI=1S/C24H18N2OSSi.Pt/c1-29(2,24-8-4-6-14-26-24)18-10-12-22-20(16-18)19-15-17(9-11-21(19)28-22)27-23-7-3-5-13-25-23;/h3-14H,1-2H3;/q-2;+2. The van der Waals surface area contributed by atoms with Crippen LogP contribution in [0.25, 0.3) is 20.2 Å². The molecular weight excluding hydrogens is 588 g/mol. The average molecular weight is 606 g/mol. The van der Waals surface area contributed by atoms with Gasteiger partial charge in [-0.2, -0.15) is 6.07 Å². The number of ether oxygens (including phenoxy) is 1. The molecule has 30 heavy (non-hydrogen) atoms. The van der Waals surface area contributed by atoms with E-state index in [1.165, 1.54) is 19.9 Å². The van der Waals surface area contributed by atoms with E-state index in [0.29, 0.717) is 11.6 Å². The van der Waals surface area contributed by atoms with Gasteiger partial charge >= 0.3 is 21.1 Å². The first kappa shape index (κ1) is 20.9. The maximum absolute atomic E-state index is 5.89. The summed E-state index contributed by atoms with van der Waals surface area (Å²) in [7, 11) is -1.93. The molecule has 0 aliphatic carbocycles. The van der Waals surface area contributed by atoms with E-state index in [2.05, 4.69) is 65.5 Å². The Hall–Kier alpha value is -2.33. The third-order valence-corrected chi connectivity index (χ3v) is 9.42. The first-order chi connectivity index (χ1) is 14.1. The van der Waals surface area contributed by atoms with Crippen molar-refractivity contribution >= 4 is 50.1 Å². The van der Waals surface area contributed by atoms with Crippen molar-refractivity contribution in [2.24, 2.45) is 0 Å². The molecule has 6 heteroatoms. The number of thiophene rings is 1. The van der Waals surface area contributed by atoms with Gasteiger partial charge in [-0.05, 0) is 18.2 Å². The van der Waals surface area contributed by atoms with E-state index in [9.17, 15) is 0 Å². The van der Waals surface area contributed by atoms with Crippen LogP contribution in [0.3, 0.4) is 0 Å². The fraction of sp³-hybridized carbons (Fsp3) is 0.0833. The van der Waals surface area contributed by atoms with Crippen LogP contribution in [0, 0.1) is 12.1 Å². The third kappa shape index (κ3) is 3.85. The number of hydrogen-bond acceptors (Lipinski definition) is 4. The summed E-state index contributed by atoms with van der Waals surface area (Å²) < 4.78 is 8.28. The molecule has 5 aromatic rings. The van der Waals surface area contributed by atoms with Gasteiger partial charge in [0.1, 0.15) is 8.07 Å². The van der Waals surface area contributed by atoms with Crippen LogP contribution < -0.4 is 15.2 Å². The van der Waals surface area contributed by atoms with Crippen molar-refractivity contribution in [2.45, 2.75) is 13.1 Å². The number of rotatable bonds is 4. The Morgan fingerprint density at radius 3 is 2.20 bits per heavy atom. The fourth-order valence-corrected chi connectivity index (χ4v) is 6.56. The zero-order valence-electron chi connectivity index (χ0n) is 16.5. The predicted octanol–water partition coefficient (Wildman–Crippen LogP) is 5.06. The molecule has 2 aromatic carbocycles. The van der Waals surface area contributed by atoms with E-state index in [-0.39, 0.29) is 21.1 Å². The van der Waals surface area contributed by atoms with E-state index in [0.717, 1.165) is 10.8 Å². The van der Waals surface area contributed by atoms with Crippen LogP contribution in [0.5, 0.6) is 11.6 Å². The van der Waals surface area contributed by atoms with Crippen LogP contribution in [0.1, 0.15) is 0 Å². The molecule has 0 unspecified atom stereocenters. The summed E-state index contributed by atoms with van der Waals surface area (Å²) in [5.41, 5.74) is 0. The summed E-state index contributed by atoms with van der Waals surface area (Å²) in [6.07, 6.45) is 3.59. The summed E-state index contributed by atoms with van der Waals surface area (Å²) in [6, 6.07) is 27.4. The predicted molar refractivity (Wildman–Crippen MR) is 122 cm³/mol. The van der Waals surface area contributed by atoms with Gasteiger partial charge in [-0.3, -0.25) is 16.3 Å². The summed E-state index contributed by atoms with van der Waals surface area (Å²) in [6.45, 7) is 4.64. The molecule has 0 spiro atoms. The number of nitrogens with zero attached hydrogens (tertiary/aromatic N) is 2. The Kier molecular flexibility index (Phi) is 5.87. The van der Waals surface area contributed by atoms with Crippen molar-refractivity contribution < 1.29 is 25.8 Å². The van der Waals surface area contributed by atoms with Gasteiger partial charge in [0.05, 0.1) is 0 Å². The van der Waals surface area contributed by atoms with Gasteiger partial charge in [0, 0.05) is 29.5 Å². The van der Waals surface area contributed by atoms with Crippen LogP contribution in [0.4, 0.5) is 0 Å². The Bertz CT molecular complexity index is 1310. The Morgan fingerprint density at radius 1 is 0.800 bits per heavy atom. The molecular formula is C24H18N2OPtSSi. The molecule has 0 N–H and O–H groups in total. The topological polar surface area (TPSA) is 35.0 Å². The van der Waals surface area contributed by atoms with E-state index in [1.54, 1.807) is 17.5 Å². The molecule has 0 bridgehead atoms. The fourth-order valence-electron chi connectivity index (χ4n) is 3.42. The second-order valence-electron chi connectivity index (χ2n) is 7.39. The van der Waals surface area contributed by atoms with Crippen LogP contribution >= 0.6 is 11.3 Å². The Balaban J connectivity index is 0.00000218. The van der Waals surface area contributed by atoms with Gasteiger partial charge in [0.25, 0.3) is 0 Å². The molecule has 3 nitrogen and oxygen atoms in total. The minimum atomic E-state index is -1.93. The summed E-state index contributed by atoms with van der Waals surface area (Å²) in [5.74, 6) is 1.23. The van der Waals surface area contributed by atoms with Crippen molar-refractivity contribution in [1.29, 1.82) is 0 Å². The van der Waals surface area contributed by atoms with E-state index < -0.39 is 8.07 Å². The maximum Gasteiger partial charge on any atom is 2.00 e. The van der Waals surface area contributed by atoms with E-state index in [1.807, 2.05) is 36.5 Å². The summed E-state index contributed by atoms with van der Waals surface area (Å²) in [5, 5.41) is 4.56. The van der Waals surface area contributed by atoms with Gasteiger partial charge in [0.15, 0.2) is 0 Å². The second kappa shape index (κ2) is 8.42. The molecule has 0 atom stereocenters. The number of benzene rings is 2. The molecule has 0 radical (unpaired) electrons. The molecule has 0 saturated heterocycles. The third-order valence-electron chi connectivity index (χ3n) is 5.09. The van der Waals surface area contributed by atoms with Gasteiger partial charge in [-0.1, -0.05) is 25.2 Å². The molecule has 0 saturated carbocycles. The minimum absolute atomic E-state index is 0. The summed E-state index contributed by atoms with van der Waals surface area (Å²) in [4.78, 5) is 8.86. The monoisotopic (exact) mass is 605 g/mol. The number of fused-ring (bicyclic) bond motifs is 3. The van der Waals surface area contributed by atoms with E-state index >= 15 is 0 Å². The first-order valence-corrected chi connectivity index (χ1v) is 13.2. The van der Waals surface area contributed by atoms with E-state index in [4.69, 9.17) is 4.74 Å². The zero-order valence-corrected chi connectivity index (χ0v) is 20.5. The molecule has 150 valence electrons. The largest absolute Gasteiger partial charge is 2.00 e. The maximum atomic E-state index is 5.89. The minimum Gasteiger partial charge on any atom is -0.460 e. The number of hydrogen-bond donors (Lipinski definition) is 0. The van der Waals surface area contributed by atoms with Crippen molar-refractivity contribution in [3.63, 3.8) is 0 Å². The smallest absolute Gasteiger partial charge is 0.460 e. The van der Waals surface area contributed by atoms with Gasteiger partial charge in [-0.25, -0.2) is 15.8 Å². The molecule has 3 aromatic heterocycles. The van der Waals surface area contributed by atoms with Crippen LogP contribution in [0.15, 0.2) is 73.1 Å². The van der Waals surface area contributed by atoms with Gasteiger partial charge in [-0.15, -0.1) is 44.9 Å². The van der Waals surface area contributed by atoms with Crippen molar-refractivity contribution in [3.8, 4) is 11.6 Å². The quantitative estimate of drug-likeness (QED) is 0.212. The number of pyridine rings is 2. The van der Waals surface area contributed by atoms with Crippen molar-refractivity contribution in [1.82, 2.24) is 9.97 Å². The molecule has 0 fully saturated rings. The van der Waals surface area contributed by atoms with Crippen molar-refractivity contribution in [3.05, 3.63) is 85.2 Å². The normalized spacial score (nSPS) is 11.4. The van der Waals surface area contributed by atoms with Gasteiger partial charge < -0.3 is 4.74 Å². The van der Waals surface area contributed by atoms with Crippen LogP contribution in [-0.2, 0) is 21.1 Å².